The second kappa shape index (κ2) is 7.03. The summed E-state index contributed by atoms with van der Waals surface area (Å²) in [7, 11) is 0. The molecule has 1 N–H and O–H groups in total. The largest absolute Gasteiger partial charge is 0.305 e. The molecule has 0 unspecified atom stereocenters. The molecule has 2 aromatic carbocycles. The summed E-state index contributed by atoms with van der Waals surface area (Å²) in [6.07, 6.45) is 1.71. The Balaban J connectivity index is 1.71. The molecule has 0 aliphatic carbocycles. The third-order valence-corrected chi connectivity index (χ3v) is 4.08. The van der Waals surface area contributed by atoms with E-state index in [0.29, 0.717) is 28.0 Å². The summed E-state index contributed by atoms with van der Waals surface area (Å²) in [5.41, 5.74) is 1.10. The van der Waals surface area contributed by atoms with E-state index in [2.05, 4.69) is 10.4 Å². The Hall–Kier alpha value is -2.37. The number of halogens is 3. The number of aromatic nitrogens is 2. The van der Waals surface area contributed by atoms with Crippen LogP contribution in [0.3, 0.4) is 0 Å². The van der Waals surface area contributed by atoms with Crippen LogP contribution >= 0.6 is 23.2 Å². The van der Waals surface area contributed by atoms with Crippen molar-refractivity contribution in [2.45, 2.75) is 6.54 Å². The number of rotatable bonds is 4. The predicted molar refractivity (Wildman–Crippen MR) is 92.1 cm³/mol. The molecule has 3 rings (SSSR count). The van der Waals surface area contributed by atoms with Crippen molar-refractivity contribution in [1.82, 2.24) is 9.78 Å². The lowest BCUT2D eigenvalue weighted by Gasteiger charge is -2.07. The Morgan fingerprint density at radius 2 is 1.75 bits per heavy atom. The lowest BCUT2D eigenvalue weighted by atomic mass is 10.2. The zero-order valence-electron chi connectivity index (χ0n) is 12.3. The predicted octanol–water partition coefficient (Wildman–Crippen LogP) is 4.63. The van der Waals surface area contributed by atoms with Crippen molar-refractivity contribution in [3.63, 3.8) is 0 Å². The van der Waals surface area contributed by atoms with Crippen molar-refractivity contribution < 1.29 is 9.18 Å². The fourth-order valence-corrected chi connectivity index (χ4v) is 2.67. The summed E-state index contributed by atoms with van der Waals surface area (Å²) >= 11 is 12.3. The lowest BCUT2D eigenvalue weighted by molar-refractivity contribution is 0.102. The van der Waals surface area contributed by atoms with Crippen molar-refractivity contribution in [1.29, 1.82) is 0 Å². The molecule has 0 saturated heterocycles. The molecular formula is C17H12Cl2FN3O. The summed E-state index contributed by atoms with van der Waals surface area (Å²) < 4.78 is 14.5. The molecular weight excluding hydrogens is 352 g/mol. The molecule has 24 heavy (non-hydrogen) atoms. The Kier molecular flexibility index (Phi) is 4.83. The van der Waals surface area contributed by atoms with E-state index in [0.717, 1.165) is 5.56 Å². The van der Waals surface area contributed by atoms with E-state index in [9.17, 15) is 9.18 Å². The normalized spacial score (nSPS) is 10.6. The minimum absolute atomic E-state index is 0.347. The highest BCUT2D eigenvalue weighted by molar-refractivity contribution is 6.35. The SMILES string of the molecule is O=C(Nc1ccn(Cc2c(Cl)cccc2Cl)n1)c1ccc(F)cc1. The molecule has 7 heteroatoms. The van der Waals surface area contributed by atoms with Crippen LogP contribution < -0.4 is 5.32 Å². The topological polar surface area (TPSA) is 46.9 Å². The molecule has 0 spiro atoms. The number of anilines is 1. The quantitative estimate of drug-likeness (QED) is 0.734. The molecule has 0 radical (unpaired) electrons. The van der Waals surface area contributed by atoms with Crippen molar-refractivity contribution in [2.75, 3.05) is 5.32 Å². The third kappa shape index (κ3) is 3.75. The van der Waals surface area contributed by atoms with Gasteiger partial charge >= 0.3 is 0 Å². The molecule has 0 aliphatic heterocycles. The number of nitrogens with one attached hydrogen (secondary N) is 1. The molecule has 122 valence electrons. The van der Waals surface area contributed by atoms with Gasteiger partial charge in [0.1, 0.15) is 5.82 Å². The maximum atomic E-state index is 12.9. The van der Waals surface area contributed by atoms with Crippen LogP contribution in [0, 0.1) is 5.82 Å². The number of carbonyl (C=O) groups is 1. The average molecular weight is 364 g/mol. The van der Waals surface area contributed by atoms with Gasteiger partial charge in [-0.25, -0.2) is 4.39 Å². The fraction of sp³-hybridized carbons (Fsp3) is 0.0588. The van der Waals surface area contributed by atoms with Gasteiger partial charge in [0.25, 0.3) is 5.91 Å². The Morgan fingerprint density at radius 3 is 2.42 bits per heavy atom. The molecule has 1 heterocycles. The highest BCUT2D eigenvalue weighted by Gasteiger charge is 2.10. The number of hydrogen-bond acceptors (Lipinski definition) is 2. The van der Waals surface area contributed by atoms with Crippen LogP contribution in [0.25, 0.3) is 0 Å². The smallest absolute Gasteiger partial charge is 0.256 e. The van der Waals surface area contributed by atoms with Gasteiger partial charge in [0, 0.05) is 33.4 Å². The van der Waals surface area contributed by atoms with Gasteiger partial charge in [0.05, 0.1) is 6.54 Å². The first kappa shape index (κ1) is 16.5. The zero-order valence-corrected chi connectivity index (χ0v) is 13.9. The number of nitrogens with zero attached hydrogens (tertiary/aromatic N) is 2. The molecule has 0 bridgehead atoms. The van der Waals surface area contributed by atoms with E-state index >= 15 is 0 Å². The minimum atomic E-state index is -0.396. The molecule has 0 aliphatic rings. The standard InChI is InChI=1S/C17H12Cl2FN3O/c18-14-2-1-3-15(19)13(14)10-23-9-8-16(22-23)21-17(24)11-4-6-12(20)7-5-11/h1-9H,10H2,(H,21,22,24). The highest BCUT2D eigenvalue weighted by Crippen LogP contribution is 2.25. The van der Waals surface area contributed by atoms with E-state index in [1.54, 1.807) is 35.1 Å². The van der Waals surface area contributed by atoms with Gasteiger partial charge in [0.2, 0.25) is 0 Å². The van der Waals surface area contributed by atoms with Crippen LogP contribution in [-0.2, 0) is 6.54 Å². The van der Waals surface area contributed by atoms with Gasteiger partial charge in [-0.15, -0.1) is 0 Å². The van der Waals surface area contributed by atoms with Crippen molar-refractivity contribution in [3.8, 4) is 0 Å². The first-order valence-corrected chi connectivity index (χ1v) is 7.82. The van der Waals surface area contributed by atoms with Gasteiger partial charge in [-0.3, -0.25) is 9.48 Å². The van der Waals surface area contributed by atoms with Crippen LogP contribution in [-0.4, -0.2) is 15.7 Å². The van der Waals surface area contributed by atoms with Crippen LogP contribution in [0.2, 0.25) is 10.0 Å². The third-order valence-electron chi connectivity index (χ3n) is 3.37. The summed E-state index contributed by atoms with van der Waals surface area (Å²) in [5.74, 6) is -0.379. The number of carbonyl (C=O) groups excluding carboxylic acids is 1. The van der Waals surface area contributed by atoms with Gasteiger partial charge in [-0.2, -0.15) is 5.10 Å². The summed E-state index contributed by atoms with van der Waals surface area (Å²) in [4.78, 5) is 12.1. The second-order valence-corrected chi connectivity index (χ2v) is 5.87. The highest BCUT2D eigenvalue weighted by atomic mass is 35.5. The summed E-state index contributed by atoms with van der Waals surface area (Å²) in [5, 5.41) is 8.02. The van der Waals surface area contributed by atoms with Crippen molar-refractivity contribution in [3.05, 3.63) is 81.7 Å². The van der Waals surface area contributed by atoms with E-state index in [1.165, 1.54) is 24.3 Å². The maximum absolute atomic E-state index is 12.9. The van der Waals surface area contributed by atoms with Gasteiger partial charge in [0.15, 0.2) is 5.82 Å². The lowest BCUT2D eigenvalue weighted by Crippen LogP contribution is -2.13. The number of hydrogen-bond donors (Lipinski definition) is 1. The minimum Gasteiger partial charge on any atom is -0.305 e. The van der Waals surface area contributed by atoms with Gasteiger partial charge in [-0.1, -0.05) is 29.3 Å². The Morgan fingerprint density at radius 1 is 1.08 bits per heavy atom. The Labute approximate surface area is 147 Å². The van der Waals surface area contributed by atoms with E-state index in [4.69, 9.17) is 23.2 Å². The summed E-state index contributed by atoms with van der Waals surface area (Å²) in [6, 6.07) is 12.2. The molecule has 0 atom stereocenters. The molecule has 1 aromatic heterocycles. The number of benzene rings is 2. The van der Waals surface area contributed by atoms with Crippen LogP contribution in [0.15, 0.2) is 54.7 Å². The van der Waals surface area contributed by atoms with Crippen molar-refractivity contribution >= 4 is 34.9 Å². The van der Waals surface area contributed by atoms with Crippen molar-refractivity contribution in [2.24, 2.45) is 0 Å². The van der Waals surface area contributed by atoms with E-state index in [1.807, 2.05) is 0 Å². The molecule has 4 nitrogen and oxygen atoms in total. The van der Waals surface area contributed by atoms with Crippen LogP contribution in [0.4, 0.5) is 10.2 Å². The molecule has 1 amide bonds. The number of amides is 1. The summed E-state index contributed by atoms with van der Waals surface area (Å²) in [6.45, 7) is 0.380. The monoisotopic (exact) mass is 363 g/mol. The first-order valence-electron chi connectivity index (χ1n) is 7.06. The van der Waals surface area contributed by atoms with Gasteiger partial charge in [-0.05, 0) is 36.4 Å². The second-order valence-electron chi connectivity index (χ2n) is 5.06. The van der Waals surface area contributed by atoms with Gasteiger partial charge < -0.3 is 5.32 Å². The zero-order chi connectivity index (χ0) is 17.1. The molecule has 0 fully saturated rings. The first-order chi connectivity index (χ1) is 11.5. The maximum Gasteiger partial charge on any atom is 0.256 e. The van der Waals surface area contributed by atoms with E-state index in [-0.39, 0.29) is 5.91 Å². The van der Waals surface area contributed by atoms with Crippen LogP contribution in [0.5, 0.6) is 0 Å². The van der Waals surface area contributed by atoms with Crippen LogP contribution in [0.1, 0.15) is 15.9 Å². The fourth-order valence-electron chi connectivity index (χ4n) is 2.15. The average Bonchev–Trinajstić information content (AvgIpc) is 2.99. The molecule has 0 saturated carbocycles. The Bertz CT molecular complexity index is 858. The molecule has 3 aromatic rings. The van der Waals surface area contributed by atoms with E-state index < -0.39 is 5.82 Å².